The highest BCUT2D eigenvalue weighted by Crippen LogP contribution is 2.27. The summed E-state index contributed by atoms with van der Waals surface area (Å²) >= 11 is 0. The van der Waals surface area contributed by atoms with Gasteiger partial charge in [0.05, 0.1) is 6.61 Å². The molecule has 106 valence electrons. The first-order valence-corrected chi connectivity index (χ1v) is 7.75. The van der Waals surface area contributed by atoms with Gasteiger partial charge in [-0.15, -0.1) is 0 Å². The molecule has 1 N–H and O–H groups in total. The van der Waals surface area contributed by atoms with Crippen LogP contribution >= 0.6 is 0 Å². The smallest absolute Gasteiger partial charge is 0.119 e. The Morgan fingerprint density at radius 3 is 2.68 bits per heavy atom. The first kappa shape index (κ1) is 14.4. The second kappa shape index (κ2) is 8.21. The maximum Gasteiger partial charge on any atom is 0.119 e. The lowest BCUT2D eigenvalue weighted by Crippen LogP contribution is -2.32. The minimum atomic E-state index is 0.722. The highest BCUT2D eigenvalue weighted by atomic mass is 16.5. The number of hydrogen-bond donors (Lipinski definition) is 1. The predicted molar refractivity (Wildman–Crippen MR) is 80.6 cm³/mol. The van der Waals surface area contributed by atoms with Crippen molar-refractivity contribution < 1.29 is 4.74 Å². The third kappa shape index (κ3) is 4.87. The molecule has 1 aromatic rings. The van der Waals surface area contributed by atoms with Gasteiger partial charge in [0.15, 0.2) is 0 Å². The summed E-state index contributed by atoms with van der Waals surface area (Å²) in [5, 5.41) is 3.51. The fourth-order valence-electron chi connectivity index (χ4n) is 3.16. The minimum absolute atomic E-state index is 0.722. The van der Waals surface area contributed by atoms with Crippen LogP contribution in [-0.2, 0) is 0 Å². The molecule has 1 aliphatic rings. The predicted octanol–water partition coefficient (Wildman–Crippen LogP) is 4.01. The Bertz CT molecular complexity index is 338. The van der Waals surface area contributed by atoms with Crippen molar-refractivity contribution in [1.29, 1.82) is 0 Å². The van der Waals surface area contributed by atoms with Crippen LogP contribution in [0.15, 0.2) is 30.3 Å². The van der Waals surface area contributed by atoms with Crippen molar-refractivity contribution in [1.82, 2.24) is 5.32 Å². The van der Waals surface area contributed by atoms with Crippen LogP contribution in [0.5, 0.6) is 5.75 Å². The average Bonchev–Trinajstić information content (AvgIpc) is 2.69. The van der Waals surface area contributed by atoms with E-state index in [2.05, 4.69) is 12.4 Å². The van der Waals surface area contributed by atoms with Gasteiger partial charge in [0.25, 0.3) is 0 Å². The molecule has 0 aromatic heterocycles. The molecule has 1 fully saturated rings. The maximum absolute atomic E-state index is 5.78. The zero-order valence-electron chi connectivity index (χ0n) is 12.1. The lowest BCUT2D eigenvalue weighted by Gasteiger charge is -2.24. The largest absolute Gasteiger partial charge is 0.494 e. The molecular formula is C17H27NO. The Labute approximate surface area is 117 Å². The molecule has 0 radical (unpaired) electrons. The van der Waals surface area contributed by atoms with E-state index < -0.39 is 0 Å². The van der Waals surface area contributed by atoms with Gasteiger partial charge >= 0.3 is 0 Å². The van der Waals surface area contributed by atoms with Gasteiger partial charge in [-0.05, 0) is 50.8 Å². The minimum Gasteiger partial charge on any atom is -0.494 e. The van der Waals surface area contributed by atoms with Gasteiger partial charge in [-0.1, -0.05) is 37.5 Å². The molecule has 2 unspecified atom stereocenters. The van der Waals surface area contributed by atoms with Gasteiger partial charge in [0.1, 0.15) is 5.75 Å². The van der Waals surface area contributed by atoms with Crippen molar-refractivity contribution in [2.24, 2.45) is 5.92 Å². The molecule has 19 heavy (non-hydrogen) atoms. The first-order valence-electron chi connectivity index (χ1n) is 7.75. The van der Waals surface area contributed by atoms with E-state index >= 15 is 0 Å². The quantitative estimate of drug-likeness (QED) is 0.617. The molecule has 2 heteroatoms. The van der Waals surface area contributed by atoms with E-state index in [1.807, 2.05) is 30.3 Å². The fourth-order valence-corrected chi connectivity index (χ4v) is 3.16. The van der Waals surface area contributed by atoms with Gasteiger partial charge in [0, 0.05) is 6.04 Å². The third-order valence-electron chi connectivity index (χ3n) is 4.26. The van der Waals surface area contributed by atoms with Crippen LogP contribution in [0.25, 0.3) is 0 Å². The van der Waals surface area contributed by atoms with E-state index in [-0.39, 0.29) is 0 Å². The van der Waals surface area contributed by atoms with Crippen molar-refractivity contribution >= 4 is 0 Å². The van der Waals surface area contributed by atoms with Gasteiger partial charge < -0.3 is 10.1 Å². The number of ether oxygens (including phenoxy) is 1. The normalized spacial score (nSPS) is 23.8. The number of rotatable bonds is 6. The molecule has 1 aromatic carbocycles. The summed E-state index contributed by atoms with van der Waals surface area (Å²) in [6, 6.07) is 10.9. The Morgan fingerprint density at radius 1 is 1.11 bits per heavy atom. The van der Waals surface area contributed by atoms with Crippen molar-refractivity contribution in [3.05, 3.63) is 30.3 Å². The molecule has 0 aliphatic heterocycles. The molecule has 0 heterocycles. The Balaban J connectivity index is 1.69. The van der Waals surface area contributed by atoms with Gasteiger partial charge in [-0.3, -0.25) is 0 Å². The number of hydrogen-bond acceptors (Lipinski definition) is 2. The SMILES string of the molecule is CNC1CCCCCC1CCCOc1ccccc1. The summed E-state index contributed by atoms with van der Waals surface area (Å²) in [6.45, 7) is 0.844. The van der Waals surface area contributed by atoms with Crippen LogP contribution in [0, 0.1) is 5.92 Å². The van der Waals surface area contributed by atoms with Crippen molar-refractivity contribution in [2.45, 2.75) is 51.0 Å². The van der Waals surface area contributed by atoms with Crippen molar-refractivity contribution in [3.63, 3.8) is 0 Å². The lowest BCUT2D eigenvalue weighted by molar-refractivity contribution is 0.266. The summed E-state index contributed by atoms with van der Waals surface area (Å²) < 4.78 is 5.78. The zero-order chi connectivity index (χ0) is 13.3. The molecule has 2 rings (SSSR count). The van der Waals surface area contributed by atoms with Crippen LogP contribution in [-0.4, -0.2) is 19.7 Å². The van der Waals surface area contributed by atoms with E-state index in [9.17, 15) is 0 Å². The van der Waals surface area contributed by atoms with Crippen molar-refractivity contribution in [2.75, 3.05) is 13.7 Å². The van der Waals surface area contributed by atoms with E-state index in [1.54, 1.807) is 0 Å². The standard InChI is InChI=1S/C17H27NO/c1-18-17-13-7-2-4-9-15(17)10-8-14-19-16-11-5-3-6-12-16/h3,5-6,11-12,15,17-18H,2,4,7-10,13-14H2,1H3. The molecule has 2 nitrogen and oxygen atoms in total. The van der Waals surface area contributed by atoms with E-state index in [4.69, 9.17) is 4.74 Å². The second-order valence-corrected chi connectivity index (χ2v) is 5.60. The van der Waals surface area contributed by atoms with Crippen LogP contribution in [0.3, 0.4) is 0 Å². The Hall–Kier alpha value is -1.02. The lowest BCUT2D eigenvalue weighted by atomic mass is 9.90. The zero-order valence-corrected chi connectivity index (χ0v) is 12.1. The Morgan fingerprint density at radius 2 is 1.89 bits per heavy atom. The monoisotopic (exact) mass is 261 g/mol. The van der Waals surface area contributed by atoms with Crippen LogP contribution in [0.2, 0.25) is 0 Å². The molecule has 2 atom stereocenters. The van der Waals surface area contributed by atoms with E-state index in [0.29, 0.717) is 0 Å². The fraction of sp³-hybridized carbons (Fsp3) is 0.647. The molecule has 0 bridgehead atoms. The highest BCUT2D eigenvalue weighted by molar-refractivity contribution is 5.20. The van der Waals surface area contributed by atoms with E-state index in [0.717, 1.165) is 30.7 Å². The molecule has 0 saturated heterocycles. The average molecular weight is 261 g/mol. The second-order valence-electron chi connectivity index (χ2n) is 5.60. The number of para-hydroxylation sites is 1. The van der Waals surface area contributed by atoms with Crippen LogP contribution < -0.4 is 10.1 Å². The number of benzene rings is 1. The van der Waals surface area contributed by atoms with Crippen LogP contribution in [0.1, 0.15) is 44.9 Å². The highest BCUT2D eigenvalue weighted by Gasteiger charge is 2.21. The Kier molecular flexibility index (Phi) is 6.22. The summed E-state index contributed by atoms with van der Waals surface area (Å²) in [5.41, 5.74) is 0. The van der Waals surface area contributed by atoms with Gasteiger partial charge in [-0.25, -0.2) is 0 Å². The molecule has 0 spiro atoms. The van der Waals surface area contributed by atoms with Crippen LogP contribution in [0.4, 0.5) is 0 Å². The number of nitrogens with one attached hydrogen (secondary N) is 1. The van der Waals surface area contributed by atoms with Crippen molar-refractivity contribution in [3.8, 4) is 5.75 Å². The molecule has 0 amide bonds. The first-order chi connectivity index (χ1) is 9.40. The summed E-state index contributed by atoms with van der Waals surface area (Å²) in [6.07, 6.45) is 9.40. The molecule has 1 saturated carbocycles. The maximum atomic E-state index is 5.78. The van der Waals surface area contributed by atoms with E-state index in [1.165, 1.54) is 38.5 Å². The summed E-state index contributed by atoms with van der Waals surface area (Å²) in [4.78, 5) is 0. The summed E-state index contributed by atoms with van der Waals surface area (Å²) in [7, 11) is 2.11. The molecule has 1 aliphatic carbocycles. The molecular weight excluding hydrogens is 234 g/mol. The van der Waals surface area contributed by atoms with Gasteiger partial charge in [0.2, 0.25) is 0 Å². The third-order valence-corrected chi connectivity index (χ3v) is 4.26. The van der Waals surface area contributed by atoms with Gasteiger partial charge in [-0.2, -0.15) is 0 Å². The summed E-state index contributed by atoms with van der Waals surface area (Å²) in [5.74, 6) is 1.83. The topological polar surface area (TPSA) is 21.3 Å².